The van der Waals surface area contributed by atoms with Gasteiger partial charge in [-0.3, -0.25) is 4.79 Å². The topological polar surface area (TPSA) is 26.3 Å². The first-order chi connectivity index (χ1) is 6.47. The predicted molar refractivity (Wildman–Crippen MR) is 58.9 cm³/mol. The van der Waals surface area contributed by atoms with Crippen molar-refractivity contribution in [2.24, 2.45) is 5.92 Å². The van der Waals surface area contributed by atoms with E-state index >= 15 is 0 Å². The lowest BCUT2D eigenvalue weighted by atomic mass is 10.00. The fourth-order valence-electron chi connectivity index (χ4n) is 0.982. The third kappa shape index (κ3) is 5.36. The number of rotatable bonds is 5. The number of ether oxygens (including phenoxy) is 1. The van der Waals surface area contributed by atoms with Gasteiger partial charge in [-0.05, 0) is 19.4 Å². The van der Waals surface area contributed by atoms with Gasteiger partial charge in [-0.25, -0.2) is 0 Å². The van der Waals surface area contributed by atoms with E-state index in [0.717, 1.165) is 11.1 Å². The van der Waals surface area contributed by atoms with Crippen LogP contribution in [0.2, 0.25) is 0 Å². The largest absolute Gasteiger partial charge is 0.461 e. The lowest BCUT2D eigenvalue weighted by Crippen LogP contribution is -2.03. The van der Waals surface area contributed by atoms with Crippen LogP contribution in [0.5, 0.6) is 0 Å². The van der Waals surface area contributed by atoms with Crippen LogP contribution in [-0.2, 0) is 9.53 Å². The molecule has 78 valence electrons. The van der Waals surface area contributed by atoms with Crippen molar-refractivity contribution in [3.05, 3.63) is 36.5 Å². The number of allylic oxidation sites excluding steroid dienone is 3. The minimum atomic E-state index is -0.261. The Balaban J connectivity index is 4.25. The summed E-state index contributed by atoms with van der Waals surface area (Å²) < 4.78 is 4.86. The molecule has 0 aromatic rings. The molecule has 0 N–H and O–H groups in total. The summed E-state index contributed by atoms with van der Waals surface area (Å²) in [7, 11) is 0. The second kappa shape index (κ2) is 6.19. The van der Waals surface area contributed by atoms with Crippen molar-refractivity contribution in [3.63, 3.8) is 0 Å². The minimum absolute atomic E-state index is 0.158. The minimum Gasteiger partial charge on any atom is -0.461 e. The Labute approximate surface area is 86.0 Å². The highest BCUT2D eigenvalue weighted by Gasteiger charge is 2.02. The summed E-state index contributed by atoms with van der Waals surface area (Å²) in [5.41, 5.74) is 2.04. The van der Waals surface area contributed by atoms with E-state index in [-0.39, 0.29) is 11.9 Å². The van der Waals surface area contributed by atoms with E-state index in [4.69, 9.17) is 4.74 Å². The molecule has 0 aliphatic heterocycles. The first-order valence-electron chi connectivity index (χ1n) is 4.56. The van der Waals surface area contributed by atoms with E-state index in [1.54, 1.807) is 0 Å². The molecular weight excluding hydrogens is 176 g/mol. The quantitative estimate of drug-likeness (QED) is 0.497. The molecule has 0 saturated carbocycles. The predicted octanol–water partition coefficient (Wildman–Crippen LogP) is 2.87. The van der Waals surface area contributed by atoms with Crippen molar-refractivity contribution in [1.82, 2.24) is 0 Å². The third-order valence-electron chi connectivity index (χ3n) is 1.79. The first kappa shape index (κ1) is 12.7. The highest BCUT2D eigenvalue weighted by atomic mass is 16.5. The Hall–Kier alpha value is -1.31. The van der Waals surface area contributed by atoms with Crippen molar-refractivity contribution < 1.29 is 9.53 Å². The van der Waals surface area contributed by atoms with Crippen molar-refractivity contribution in [2.45, 2.75) is 20.8 Å². The fraction of sp³-hybridized carbons (Fsp3) is 0.417. The summed E-state index contributed by atoms with van der Waals surface area (Å²) >= 11 is 0. The van der Waals surface area contributed by atoms with Crippen LogP contribution in [0, 0.1) is 5.92 Å². The van der Waals surface area contributed by atoms with Crippen molar-refractivity contribution in [1.29, 1.82) is 0 Å². The molecular formula is C12H18O2. The molecule has 0 radical (unpaired) electrons. The molecule has 14 heavy (non-hydrogen) atoms. The summed E-state index contributed by atoms with van der Waals surface area (Å²) in [4.78, 5) is 10.6. The van der Waals surface area contributed by atoms with Crippen LogP contribution in [0.25, 0.3) is 0 Å². The molecule has 0 aliphatic carbocycles. The van der Waals surface area contributed by atoms with Gasteiger partial charge in [0.05, 0.1) is 0 Å². The SMILES string of the molecule is C=C[C@H](/C=C(\C)COC(C)=O)C(=C)C. The normalized spacial score (nSPS) is 13.2. The van der Waals surface area contributed by atoms with E-state index in [1.807, 2.05) is 26.0 Å². The lowest BCUT2D eigenvalue weighted by molar-refractivity contribution is -0.139. The van der Waals surface area contributed by atoms with Gasteiger partial charge in [0.2, 0.25) is 0 Å². The zero-order valence-corrected chi connectivity index (χ0v) is 9.17. The first-order valence-corrected chi connectivity index (χ1v) is 4.56. The number of carbonyl (C=O) groups is 1. The Morgan fingerprint density at radius 1 is 1.43 bits per heavy atom. The molecule has 2 heteroatoms. The molecule has 1 atom stereocenters. The Morgan fingerprint density at radius 2 is 2.00 bits per heavy atom. The monoisotopic (exact) mass is 194 g/mol. The molecule has 0 aromatic heterocycles. The van der Waals surface area contributed by atoms with E-state index in [0.29, 0.717) is 6.61 Å². The van der Waals surface area contributed by atoms with Crippen LogP contribution in [0.1, 0.15) is 20.8 Å². The fourth-order valence-corrected chi connectivity index (χ4v) is 0.982. The van der Waals surface area contributed by atoms with Crippen molar-refractivity contribution in [2.75, 3.05) is 6.61 Å². The highest BCUT2D eigenvalue weighted by molar-refractivity contribution is 5.66. The second-order valence-electron chi connectivity index (χ2n) is 3.40. The number of hydrogen-bond donors (Lipinski definition) is 0. The Kier molecular flexibility index (Phi) is 5.61. The standard InChI is InChI=1S/C12H18O2/c1-6-12(9(2)3)7-10(4)8-14-11(5)13/h6-7,12H,1-2,8H2,3-5H3/b10-7+/t12-/m1/s1. The molecule has 0 spiro atoms. The molecule has 0 fully saturated rings. The summed E-state index contributed by atoms with van der Waals surface area (Å²) in [5, 5.41) is 0. The van der Waals surface area contributed by atoms with Crippen LogP contribution in [0.15, 0.2) is 36.5 Å². The smallest absolute Gasteiger partial charge is 0.302 e. The number of hydrogen-bond acceptors (Lipinski definition) is 2. The molecule has 0 heterocycles. The maximum absolute atomic E-state index is 10.6. The summed E-state index contributed by atoms with van der Waals surface area (Å²) in [5.74, 6) is -0.103. The van der Waals surface area contributed by atoms with E-state index in [2.05, 4.69) is 13.2 Å². The molecule has 0 rings (SSSR count). The van der Waals surface area contributed by atoms with Gasteiger partial charge in [0.1, 0.15) is 6.61 Å². The van der Waals surface area contributed by atoms with Crippen LogP contribution in [-0.4, -0.2) is 12.6 Å². The maximum Gasteiger partial charge on any atom is 0.302 e. The molecule has 0 aromatic carbocycles. The molecule has 0 bridgehead atoms. The molecule has 0 aliphatic rings. The van der Waals surface area contributed by atoms with Crippen LogP contribution in [0.4, 0.5) is 0 Å². The summed E-state index contributed by atoms with van der Waals surface area (Å²) in [6.07, 6.45) is 3.82. The summed E-state index contributed by atoms with van der Waals surface area (Å²) in [6, 6.07) is 0. The Morgan fingerprint density at radius 3 is 2.36 bits per heavy atom. The zero-order chi connectivity index (χ0) is 11.1. The third-order valence-corrected chi connectivity index (χ3v) is 1.79. The molecule has 2 nitrogen and oxygen atoms in total. The second-order valence-corrected chi connectivity index (χ2v) is 3.40. The van der Waals surface area contributed by atoms with Gasteiger partial charge in [-0.1, -0.05) is 24.3 Å². The van der Waals surface area contributed by atoms with Gasteiger partial charge < -0.3 is 4.74 Å². The lowest BCUT2D eigenvalue weighted by Gasteiger charge is -2.09. The number of esters is 1. The van der Waals surface area contributed by atoms with Gasteiger partial charge >= 0.3 is 5.97 Å². The zero-order valence-electron chi connectivity index (χ0n) is 9.17. The Bertz CT molecular complexity index is 261. The van der Waals surface area contributed by atoms with Gasteiger partial charge in [0, 0.05) is 12.8 Å². The molecule has 0 unspecified atom stereocenters. The average molecular weight is 194 g/mol. The van der Waals surface area contributed by atoms with Crippen LogP contribution >= 0.6 is 0 Å². The van der Waals surface area contributed by atoms with Crippen molar-refractivity contribution in [3.8, 4) is 0 Å². The van der Waals surface area contributed by atoms with Gasteiger partial charge in [-0.15, -0.1) is 6.58 Å². The maximum atomic E-state index is 10.6. The summed E-state index contributed by atoms with van der Waals surface area (Å²) in [6.45, 7) is 13.2. The van der Waals surface area contributed by atoms with E-state index in [9.17, 15) is 4.79 Å². The highest BCUT2D eigenvalue weighted by Crippen LogP contribution is 2.13. The van der Waals surface area contributed by atoms with Crippen molar-refractivity contribution >= 4 is 5.97 Å². The van der Waals surface area contributed by atoms with Crippen LogP contribution in [0.3, 0.4) is 0 Å². The molecule has 0 saturated heterocycles. The average Bonchev–Trinajstić information content (AvgIpc) is 2.10. The van der Waals surface area contributed by atoms with Crippen LogP contribution < -0.4 is 0 Å². The molecule has 0 amide bonds. The van der Waals surface area contributed by atoms with Gasteiger partial charge in [0.15, 0.2) is 0 Å². The van der Waals surface area contributed by atoms with E-state index in [1.165, 1.54) is 6.92 Å². The van der Waals surface area contributed by atoms with Gasteiger partial charge in [-0.2, -0.15) is 0 Å². The van der Waals surface area contributed by atoms with E-state index < -0.39 is 0 Å². The van der Waals surface area contributed by atoms with Gasteiger partial charge in [0.25, 0.3) is 0 Å². The number of carbonyl (C=O) groups excluding carboxylic acids is 1.